The fraction of sp³-hybridized carbons (Fsp3) is 0.632. The molecule has 2 aliphatic heterocycles. The zero-order valence-electron chi connectivity index (χ0n) is 15.9. The molecule has 1 aromatic carbocycles. The number of carbonyl (C=O) groups is 1. The number of hydrogen-bond donors (Lipinski definition) is 0. The Morgan fingerprint density at radius 3 is 2.41 bits per heavy atom. The van der Waals surface area contributed by atoms with Crippen molar-refractivity contribution in [2.45, 2.75) is 32.7 Å². The summed E-state index contributed by atoms with van der Waals surface area (Å²) in [4.78, 5) is 29.9. The molecule has 0 N–H and O–H groups in total. The Hall–Kier alpha value is -1.86. The SMILES string of the molecule is CC1CCN(C(=O)C(C)N2CCN(c3ccc(Cl)cc3[N+](=O)[O-])CC2)CC1. The van der Waals surface area contributed by atoms with E-state index >= 15 is 0 Å². The molecule has 27 heavy (non-hydrogen) atoms. The molecule has 0 aliphatic carbocycles. The second-order valence-corrected chi connectivity index (χ2v) is 8.03. The number of hydrogen-bond acceptors (Lipinski definition) is 5. The molecule has 1 atom stereocenters. The Kier molecular flexibility index (Phi) is 6.22. The van der Waals surface area contributed by atoms with Crippen LogP contribution in [0.15, 0.2) is 18.2 Å². The Balaban J connectivity index is 1.60. The van der Waals surface area contributed by atoms with Crippen LogP contribution in [0, 0.1) is 16.0 Å². The first-order valence-electron chi connectivity index (χ1n) is 9.58. The van der Waals surface area contributed by atoms with E-state index in [0.29, 0.717) is 42.8 Å². The van der Waals surface area contributed by atoms with Gasteiger partial charge in [-0.05, 0) is 37.8 Å². The number of nitro groups is 1. The number of piperazine rings is 1. The number of nitrogens with zero attached hydrogens (tertiary/aromatic N) is 4. The van der Waals surface area contributed by atoms with Crippen LogP contribution in [-0.4, -0.2) is 65.9 Å². The number of likely N-dealkylation sites (tertiary alicyclic amines) is 1. The highest BCUT2D eigenvalue weighted by atomic mass is 35.5. The van der Waals surface area contributed by atoms with Crippen LogP contribution in [0.25, 0.3) is 0 Å². The van der Waals surface area contributed by atoms with Gasteiger partial charge in [-0.3, -0.25) is 19.8 Å². The Morgan fingerprint density at radius 2 is 1.81 bits per heavy atom. The molecule has 2 heterocycles. The van der Waals surface area contributed by atoms with Crippen LogP contribution >= 0.6 is 11.6 Å². The molecule has 1 aromatic rings. The first kappa shape index (κ1) is 19.9. The Labute approximate surface area is 165 Å². The van der Waals surface area contributed by atoms with Crippen LogP contribution in [0.3, 0.4) is 0 Å². The number of piperidine rings is 1. The maximum atomic E-state index is 12.8. The van der Waals surface area contributed by atoms with Crippen LogP contribution in [0.5, 0.6) is 0 Å². The van der Waals surface area contributed by atoms with Gasteiger partial charge in [0.25, 0.3) is 5.69 Å². The quantitative estimate of drug-likeness (QED) is 0.580. The Morgan fingerprint density at radius 1 is 1.19 bits per heavy atom. The predicted molar refractivity (Wildman–Crippen MR) is 106 cm³/mol. The smallest absolute Gasteiger partial charge is 0.294 e. The number of anilines is 1. The van der Waals surface area contributed by atoms with Crippen molar-refractivity contribution >= 4 is 28.9 Å². The van der Waals surface area contributed by atoms with Gasteiger partial charge in [0, 0.05) is 50.4 Å². The van der Waals surface area contributed by atoms with Crippen LogP contribution in [-0.2, 0) is 4.79 Å². The summed E-state index contributed by atoms with van der Waals surface area (Å²) < 4.78 is 0. The second kappa shape index (κ2) is 8.44. The van der Waals surface area contributed by atoms with E-state index in [2.05, 4.69) is 11.8 Å². The lowest BCUT2D eigenvalue weighted by molar-refractivity contribution is -0.384. The lowest BCUT2D eigenvalue weighted by Crippen LogP contribution is -2.55. The molecule has 0 aromatic heterocycles. The third-order valence-electron chi connectivity index (χ3n) is 5.79. The Bertz CT molecular complexity index is 698. The first-order chi connectivity index (χ1) is 12.9. The van der Waals surface area contributed by atoms with E-state index in [1.54, 1.807) is 12.1 Å². The van der Waals surface area contributed by atoms with Crippen molar-refractivity contribution < 1.29 is 9.72 Å². The van der Waals surface area contributed by atoms with Crippen molar-refractivity contribution in [1.82, 2.24) is 9.80 Å². The monoisotopic (exact) mass is 394 g/mol. The lowest BCUT2D eigenvalue weighted by atomic mass is 9.98. The van der Waals surface area contributed by atoms with Gasteiger partial charge >= 0.3 is 0 Å². The van der Waals surface area contributed by atoms with Gasteiger partial charge in [0.2, 0.25) is 5.91 Å². The molecule has 2 fully saturated rings. The molecule has 0 saturated carbocycles. The highest BCUT2D eigenvalue weighted by Crippen LogP contribution is 2.32. The maximum absolute atomic E-state index is 12.8. The summed E-state index contributed by atoms with van der Waals surface area (Å²) in [6, 6.07) is 4.63. The fourth-order valence-corrected chi connectivity index (χ4v) is 4.08. The fourth-order valence-electron chi connectivity index (χ4n) is 3.91. The highest BCUT2D eigenvalue weighted by Gasteiger charge is 2.31. The van der Waals surface area contributed by atoms with E-state index in [1.807, 2.05) is 16.7 Å². The summed E-state index contributed by atoms with van der Waals surface area (Å²) in [5.74, 6) is 0.899. The van der Waals surface area contributed by atoms with Crippen molar-refractivity contribution in [2.24, 2.45) is 5.92 Å². The van der Waals surface area contributed by atoms with Crippen LogP contribution < -0.4 is 4.90 Å². The second-order valence-electron chi connectivity index (χ2n) is 7.60. The molecule has 2 aliphatic rings. The summed E-state index contributed by atoms with van der Waals surface area (Å²) in [5, 5.41) is 11.7. The third kappa shape index (κ3) is 4.52. The first-order valence-corrected chi connectivity index (χ1v) is 9.96. The molecule has 0 spiro atoms. The standard InChI is InChI=1S/C19H27ClN4O3/c1-14-5-7-23(8-6-14)19(25)15(2)21-9-11-22(12-10-21)17-4-3-16(20)13-18(17)24(26)27/h3-4,13-15H,5-12H2,1-2H3. The normalized spacial score (nSPS) is 20.6. The molecule has 0 radical (unpaired) electrons. The van der Waals surface area contributed by atoms with Crippen LogP contribution in [0.4, 0.5) is 11.4 Å². The largest absolute Gasteiger partial charge is 0.363 e. The van der Waals surface area contributed by atoms with E-state index in [1.165, 1.54) is 6.07 Å². The number of rotatable bonds is 4. The molecule has 148 valence electrons. The van der Waals surface area contributed by atoms with E-state index in [-0.39, 0.29) is 17.6 Å². The predicted octanol–water partition coefficient (Wildman–Crippen LogP) is 3.02. The van der Waals surface area contributed by atoms with Gasteiger partial charge in [-0.1, -0.05) is 18.5 Å². The molecule has 1 unspecified atom stereocenters. The molecule has 8 heteroatoms. The van der Waals surface area contributed by atoms with Crippen molar-refractivity contribution in [1.29, 1.82) is 0 Å². The zero-order chi connectivity index (χ0) is 19.6. The number of halogens is 1. The molecule has 0 bridgehead atoms. The summed E-state index contributed by atoms with van der Waals surface area (Å²) in [6.45, 7) is 8.62. The molecule has 1 amide bonds. The minimum absolute atomic E-state index is 0.0301. The number of nitro benzene ring substituents is 1. The summed E-state index contributed by atoms with van der Waals surface area (Å²) >= 11 is 5.91. The van der Waals surface area contributed by atoms with Crippen molar-refractivity contribution in [3.05, 3.63) is 33.3 Å². The van der Waals surface area contributed by atoms with Gasteiger partial charge in [-0.15, -0.1) is 0 Å². The molecule has 2 saturated heterocycles. The molecular weight excluding hydrogens is 368 g/mol. The number of carbonyl (C=O) groups excluding carboxylic acids is 1. The third-order valence-corrected chi connectivity index (χ3v) is 6.02. The van der Waals surface area contributed by atoms with Gasteiger partial charge in [0.15, 0.2) is 0 Å². The van der Waals surface area contributed by atoms with Crippen LogP contribution in [0.1, 0.15) is 26.7 Å². The zero-order valence-corrected chi connectivity index (χ0v) is 16.7. The molecule has 7 nitrogen and oxygen atoms in total. The minimum atomic E-state index is -0.392. The van der Waals surface area contributed by atoms with Gasteiger partial charge in [-0.25, -0.2) is 0 Å². The van der Waals surface area contributed by atoms with E-state index < -0.39 is 4.92 Å². The summed E-state index contributed by atoms with van der Waals surface area (Å²) in [7, 11) is 0. The average Bonchev–Trinajstić information content (AvgIpc) is 2.67. The number of benzene rings is 1. The summed E-state index contributed by atoms with van der Waals surface area (Å²) in [6.07, 6.45) is 2.15. The number of amides is 1. The molecular formula is C19H27ClN4O3. The van der Waals surface area contributed by atoms with E-state index in [9.17, 15) is 14.9 Å². The van der Waals surface area contributed by atoms with Gasteiger partial charge in [0.05, 0.1) is 11.0 Å². The van der Waals surface area contributed by atoms with E-state index in [4.69, 9.17) is 11.6 Å². The van der Waals surface area contributed by atoms with Crippen molar-refractivity contribution in [2.75, 3.05) is 44.2 Å². The lowest BCUT2D eigenvalue weighted by Gasteiger charge is -2.40. The van der Waals surface area contributed by atoms with Gasteiger partial charge in [-0.2, -0.15) is 0 Å². The van der Waals surface area contributed by atoms with Crippen molar-refractivity contribution in [3.63, 3.8) is 0 Å². The van der Waals surface area contributed by atoms with Crippen LogP contribution in [0.2, 0.25) is 5.02 Å². The maximum Gasteiger partial charge on any atom is 0.294 e. The highest BCUT2D eigenvalue weighted by molar-refractivity contribution is 6.30. The van der Waals surface area contributed by atoms with Gasteiger partial charge < -0.3 is 9.80 Å². The minimum Gasteiger partial charge on any atom is -0.363 e. The van der Waals surface area contributed by atoms with Crippen molar-refractivity contribution in [3.8, 4) is 0 Å². The topological polar surface area (TPSA) is 69.9 Å². The summed E-state index contributed by atoms with van der Waals surface area (Å²) in [5.41, 5.74) is 0.621. The average molecular weight is 395 g/mol. The molecule has 3 rings (SSSR count). The van der Waals surface area contributed by atoms with Gasteiger partial charge in [0.1, 0.15) is 5.69 Å². The van der Waals surface area contributed by atoms with E-state index in [0.717, 1.165) is 25.9 Å².